The van der Waals surface area contributed by atoms with E-state index in [2.05, 4.69) is 25.8 Å². The minimum atomic E-state index is 0.312. The van der Waals surface area contributed by atoms with Gasteiger partial charge in [-0.15, -0.1) is 0 Å². The van der Waals surface area contributed by atoms with E-state index in [1.165, 1.54) is 38.6 Å². The molecular weight excluding hydrogens is 172 g/mol. The Bertz CT molecular complexity index is 160. The molecule has 0 amide bonds. The Labute approximate surface area is 88.8 Å². The van der Waals surface area contributed by atoms with Crippen molar-refractivity contribution in [2.24, 2.45) is 11.1 Å². The van der Waals surface area contributed by atoms with Crippen LogP contribution in [0.25, 0.3) is 0 Å². The van der Waals surface area contributed by atoms with Crippen molar-refractivity contribution in [2.75, 3.05) is 20.1 Å². The summed E-state index contributed by atoms with van der Waals surface area (Å²) in [6.45, 7) is 6.52. The van der Waals surface area contributed by atoms with Gasteiger partial charge in [-0.25, -0.2) is 0 Å². The van der Waals surface area contributed by atoms with Gasteiger partial charge in [0, 0.05) is 6.04 Å². The summed E-state index contributed by atoms with van der Waals surface area (Å²) < 4.78 is 0. The maximum atomic E-state index is 5.73. The maximum absolute atomic E-state index is 5.73. The van der Waals surface area contributed by atoms with Crippen LogP contribution in [-0.2, 0) is 0 Å². The van der Waals surface area contributed by atoms with E-state index in [-0.39, 0.29) is 0 Å². The van der Waals surface area contributed by atoms with Crippen molar-refractivity contribution < 1.29 is 0 Å². The highest BCUT2D eigenvalue weighted by Crippen LogP contribution is 2.24. The number of rotatable bonds is 5. The van der Waals surface area contributed by atoms with Crippen LogP contribution in [-0.4, -0.2) is 31.1 Å². The summed E-state index contributed by atoms with van der Waals surface area (Å²) in [5.41, 5.74) is 6.04. The van der Waals surface area contributed by atoms with Crippen molar-refractivity contribution >= 4 is 0 Å². The molecule has 0 atom stereocenters. The summed E-state index contributed by atoms with van der Waals surface area (Å²) in [5.74, 6) is 0. The lowest BCUT2D eigenvalue weighted by molar-refractivity contribution is 0.203. The van der Waals surface area contributed by atoms with Gasteiger partial charge in [0.15, 0.2) is 0 Å². The highest BCUT2D eigenvalue weighted by Gasteiger charge is 2.22. The number of hydrogen-bond donors (Lipinski definition) is 1. The van der Waals surface area contributed by atoms with E-state index in [1.54, 1.807) is 0 Å². The Morgan fingerprint density at radius 2 is 1.86 bits per heavy atom. The van der Waals surface area contributed by atoms with E-state index in [9.17, 15) is 0 Å². The fourth-order valence-electron chi connectivity index (χ4n) is 2.11. The van der Waals surface area contributed by atoms with Crippen LogP contribution in [0.15, 0.2) is 0 Å². The normalized spacial score (nSPS) is 19.5. The van der Waals surface area contributed by atoms with Crippen molar-refractivity contribution in [3.8, 4) is 0 Å². The van der Waals surface area contributed by atoms with Crippen LogP contribution in [0.1, 0.15) is 46.0 Å². The summed E-state index contributed by atoms with van der Waals surface area (Å²) in [6, 6.07) is 0.851. The summed E-state index contributed by atoms with van der Waals surface area (Å²) in [5, 5.41) is 0. The zero-order valence-electron chi connectivity index (χ0n) is 10.1. The summed E-state index contributed by atoms with van der Waals surface area (Å²) in [4.78, 5) is 2.53. The van der Waals surface area contributed by atoms with Gasteiger partial charge < -0.3 is 10.6 Å². The van der Waals surface area contributed by atoms with Gasteiger partial charge in [0.1, 0.15) is 0 Å². The van der Waals surface area contributed by atoms with Gasteiger partial charge in [-0.2, -0.15) is 0 Å². The molecule has 84 valence electrons. The van der Waals surface area contributed by atoms with Crippen LogP contribution in [0, 0.1) is 5.41 Å². The highest BCUT2D eigenvalue weighted by molar-refractivity contribution is 4.77. The van der Waals surface area contributed by atoms with Gasteiger partial charge in [-0.05, 0) is 44.8 Å². The second kappa shape index (κ2) is 5.13. The van der Waals surface area contributed by atoms with E-state index >= 15 is 0 Å². The van der Waals surface area contributed by atoms with Gasteiger partial charge >= 0.3 is 0 Å². The molecule has 2 heteroatoms. The van der Waals surface area contributed by atoms with Gasteiger partial charge in [0.2, 0.25) is 0 Å². The Morgan fingerprint density at radius 3 is 2.36 bits per heavy atom. The van der Waals surface area contributed by atoms with Crippen molar-refractivity contribution in [3.05, 3.63) is 0 Å². The first-order valence-corrected chi connectivity index (χ1v) is 5.95. The van der Waals surface area contributed by atoms with Crippen LogP contribution < -0.4 is 5.73 Å². The molecule has 2 nitrogen and oxygen atoms in total. The zero-order chi connectivity index (χ0) is 10.6. The molecule has 1 saturated carbocycles. The standard InChI is InChI=1S/C12H26N2/c1-12(2,10-13)8-9-14(3)11-6-4-5-7-11/h11H,4-10,13H2,1-3H3. The van der Waals surface area contributed by atoms with Gasteiger partial charge in [-0.3, -0.25) is 0 Å². The molecule has 0 aromatic rings. The Balaban J connectivity index is 2.23. The molecule has 0 bridgehead atoms. The van der Waals surface area contributed by atoms with E-state index in [1.807, 2.05) is 0 Å². The molecule has 14 heavy (non-hydrogen) atoms. The third-order valence-corrected chi connectivity index (χ3v) is 3.64. The Morgan fingerprint density at radius 1 is 1.29 bits per heavy atom. The minimum Gasteiger partial charge on any atom is -0.330 e. The third-order valence-electron chi connectivity index (χ3n) is 3.64. The molecule has 1 fully saturated rings. The summed E-state index contributed by atoms with van der Waals surface area (Å²) >= 11 is 0. The quantitative estimate of drug-likeness (QED) is 0.734. The van der Waals surface area contributed by atoms with Gasteiger partial charge in [0.05, 0.1) is 0 Å². The molecule has 0 saturated heterocycles. The first kappa shape index (κ1) is 12.0. The van der Waals surface area contributed by atoms with Crippen LogP contribution in [0.5, 0.6) is 0 Å². The molecule has 1 rings (SSSR count). The van der Waals surface area contributed by atoms with Crippen LogP contribution in [0.2, 0.25) is 0 Å². The van der Waals surface area contributed by atoms with E-state index < -0.39 is 0 Å². The van der Waals surface area contributed by atoms with E-state index in [0.29, 0.717) is 5.41 Å². The molecule has 0 heterocycles. The maximum Gasteiger partial charge on any atom is 0.00922 e. The molecule has 0 aromatic heterocycles. The summed E-state index contributed by atoms with van der Waals surface area (Å²) in [6.07, 6.45) is 6.88. The van der Waals surface area contributed by atoms with E-state index in [0.717, 1.165) is 12.6 Å². The fraction of sp³-hybridized carbons (Fsp3) is 1.00. The molecule has 0 unspecified atom stereocenters. The van der Waals surface area contributed by atoms with Crippen molar-refractivity contribution in [1.29, 1.82) is 0 Å². The second-order valence-electron chi connectivity index (χ2n) is 5.54. The van der Waals surface area contributed by atoms with Crippen molar-refractivity contribution in [2.45, 2.75) is 52.0 Å². The topological polar surface area (TPSA) is 29.3 Å². The fourth-order valence-corrected chi connectivity index (χ4v) is 2.11. The van der Waals surface area contributed by atoms with Gasteiger partial charge in [-0.1, -0.05) is 26.7 Å². The zero-order valence-corrected chi connectivity index (χ0v) is 10.1. The molecule has 0 aromatic carbocycles. The van der Waals surface area contributed by atoms with Crippen molar-refractivity contribution in [3.63, 3.8) is 0 Å². The van der Waals surface area contributed by atoms with Crippen molar-refractivity contribution in [1.82, 2.24) is 4.90 Å². The molecule has 1 aliphatic carbocycles. The molecule has 1 aliphatic rings. The second-order valence-corrected chi connectivity index (χ2v) is 5.54. The lowest BCUT2D eigenvalue weighted by Crippen LogP contribution is -2.34. The largest absolute Gasteiger partial charge is 0.330 e. The van der Waals surface area contributed by atoms with Crippen LogP contribution >= 0.6 is 0 Å². The average Bonchev–Trinajstić information content (AvgIpc) is 2.67. The highest BCUT2D eigenvalue weighted by atomic mass is 15.1. The first-order chi connectivity index (χ1) is 6.55. The SMILES string of the molecule is CN(CCC(C)(C)CN)C1CCCC1. The Hall–Kier alpha value is -0.0800. The average molecular weight is 198 g/mol. The number of nitrogens with two attached hydrogens (primary N) is 1. The number of nitrogens with zero attached hydrogens (tertiary/aromatic N) is 1. The molecule has 0 radical (unpaired) electrons. The van der Waals surface area contributed by atoms with Gasteiger partial charge in [0.25, 0.3) is 0 Å². The molecule has 0 spiro atoms. The molecular formula is C12H26N2. The van der Waals surface area contributed by atoms with Crippen LogP contribution in [0.3, 0.4) is 0 Å². The third kappa shape index (κ3) is 3.58. The lowest BCUT2D eigenvalue weighted by atomic mass is 9.89. The predicted octanol–water partition coefficient (Wildman–Crippen LogP) is 2.24. The van der Waals surface area contributed by atoms with E-state index in [4.69, 9.17) is 5.73 Å². The molecule has 0 aliphatic heterocycles. The Kier molecular flexibility index (Phi) is 4.39. The monoisotopic (exact) mass is 198 g/mol. The minimum absolute atomic E-state index is 0.312. The molecule has 2 N–H and O–H groups in total. The lowest BCUT2D eigenvalue weighted by Gasteiger charge is -2.29. The predicted molar refractivity (Wildman–Crippen MR) is 62.3 cm³/mol. The first-order valence-electron chi connectivity index (χ1n) is 5.95. The van der Waals surface area contributed by atoms with Crippen LogP contribution in [0.4, 0.5) is 0 Å². The summed E-state index contributed by atoms with van der Waals surface area (Å²) in [7, 11) is 2.27. The number of hydrogen-bond acceptors (Lipinski definition) is 2. The smallest absolute Gasteiger partial charge is 0.00922 e.